The Kier molecular flexibility index (Phi) is 5.88. The average Bonchev–Trinajstić information content (AvgIpc) is 2.93. The van der Waals surface area contributed by atoms with E-state index in [0.29, 0.717) is 36.3 Å². The minimum atomic E-state index is -4.52. The van der Waals surface area contributed by atoms with Crippen molar-refractivity contribution in [1.82, 2.24) is 4.90 Å². The SMILES string of the molecule is CC(CN1CCC(O)(C(F)(F)F)CC1)[C@H]1CC[C@@H]2/C(=C/Br)CCC[C@@]21C. The molecule has 2 aliphatic carbocycles. The lowest BCUT2D eigenvalue weighted by Gasteiger charge is -2.46. The van der Waals surface area contributed by atoms with Gasteiger partial charge in [-0.25, -0.2) is 0 Å². The molecule has 150 valence electrons. The van der Waals surface area contributed by atoms with E-state index in [1.54, 1.807) is 5.57 Å². The first kappa shape index (κ1) is 20.7. The molecule has 0 amide bonds. The van der Waals surface area contributed by atoms with Crippen molar-refractivity contribution in [3.05, 3.63) is 10.6 Å². The van der Waals surface area contributed by atoms with Crippen LogP contribution in [0.25, 0.3) is 0 Å². The summed E-state index contributed by atoms with van der Waals surface area (Å²) in [6.45, 7) is 6.21. The summed E-state index contributed by atoms with van der Waals surface area (Å²) >= 11 is 3.55. The van der Waals surface area contributed by atoms with Crippen LogP contribution < -0.4 is 0 Å². The topological polar surface area (TPSA) is 23.5 Å². The molecule has 3 aliphatic rings. The van der Waals surface area contributed by atoms with E-state index in [-0.39, 0.29) is 12.8 Å². The van der Waals surface area contributed by atoms with E-state index >= 15 is 0 Å². The Labute approximate surface area is 163 Å². The largest absolute Gasteiger partial charge is 0.417 e. The Hall–Kier alpha value is -0.0700. The fraction of sp³-hybridized carbons (Fsp3) is 0.900. The molecule has 0 radical (unpaired) electrons. The van der Waals surface area contributed by atoms with Crippen LogP contribution in [-0.2, 0) is 0 Å². The van der Waals surface area contributed by atoms with Gasteiger partial charge in [0, 0.05) is 19.6 Å². The van der Waals surface area contributed by atoms with Crippen molar-refractivity contribution in [2.45, 2.75) is 70.6 Å². The van der Waals surface area contributed by atoms with Crippen molar-refractivity contribution in [2.75, 3.05) is 19.6 Å². The molecule has 3 fully saturated rings. The molecule has 2 nitrogen and oxygen atoms in total. The molecule has 1 saturated heterocycles. The lowest BCUT2D eigenvalue weighted by atomic mass is 9.61. The van der Waals surface area contributed by atoms with Crippen LogP contribution in [0, 0.1) is 23.2 Å². The zero-order valence-corrected chi connectivity index (χ0v) is 17.4. The van der Waals surface area contributed by atoms with Crippen LogP contribution in [-0.4, -0.2) is 41.4 Å². The van der Waals surface area contributed by atoms with Crippen molar-refractivity contribution in [3.63, 3.8) is 0 Å². The molecule has 1 aliphatic heterocycles. The third-order valence-electron chi connectivity index (χ3n) is 7.62. The number of likely N-dealkylation sites (tertiary alicyclic amines) is 1. The van der Waals surface area contributed by atoms with Crippen LogP contribution in [0.2, 0.25) is 0 Å². The van der Waals surface area contributed by atoms with E-state index in [0.717, 1.165) is 6.54 Å². The summed E-state index contributed by atoms with van der Waals surface area (Å²) in [4.78, 5) is 4.26. The highest BCUT2D eigenvalue weighted by Gasteiger charge is 2.55. The average molecular weight is 438 g/mol. The van der Waals surface area contributed by atoms with Gasteiger partial charge in [0.1, 0.15) is 0 Å². The van der Waals surface area contributed by atoms with Crippen LogP contribution >= 0.6 is 15.9 Å². The number of fused-ring (bicyclic) bond motifs is 1. The van der Waals surface area contributed by atoms with E-state index in [9.17, 15) is 18.3 Å². The maximum atomic E-state index is 13.0. The van der Waals surface area contributed by atoms with Gasteiger partial charge in [-0.2, -0.15) is 13.2 Å². The number of rotatable bonds is 3. The van der Waals surface area contributed by atoms with E-state index in [1.807, 2.05) is 0 Å². The van der Waals surface area contributed by atoms with E-state index in [4.69, 9.17) is 0 Å². The van der Waals surface area contributed by atoms with Crippen molar-refractivity contribution < 1.29 is 18.3 Å². The molecule has 4 atom stereocenters. The Morgan fingerprint density at radius 1 is 1.27 bits per heavy atom. The number of hydrogen-bond donors (Lipinski definition) is 1. The Balaban J connectivity index is 1.60. The quantitative estimate of drug-likeness (QED) is 0.629. The third-order valence-corrected chi connectivity index (χ3v) is 8.21. The van der Waals surface area contributed by atoms with E-state index in [1.165, 1.54) is 32.1 Å². The summed E-state index contributed by atoms with van der Waals surface area (Å²) in [6.07, 6.45) is 1.20. The van der Waals surface area contributed by atoms with Gasteiger partial charge in [0.15, 0.2) is 5.60 Å². The highest BCUT2D eigenvalue weighted by Crippen LogP contribution is 2.59. The van der Waals surface area contributed by atoms with Gasteiger partial charge in [0.05, 0.1) is 0 Å². The number of alkyl halides is 3. The predicted octanol–water partition coefficient (Wildman–Crippen LogP) is 5.51. The minimum Gasteiger partial charge on any atom is -0.380 e. The number of allylic oxidation sites excluding steroid dienone is 1. The molecule has 6 heteroatoms. The van der Waals surface area contributed by atoms with Crippen LogP contribution in [0.4, 0.5) is 13.2 Å². The Bertz CT molecular complexity index is 542. The molecular weight excluding hydrogens is 407 g/mol. The molecule has 1 unspecified atom stereocenters. The normalized spacial score (nSPS) is 38.3. The fourth-order valence-electron chi connectivity index (χ4n) is 6.07. The first-order valence-electron chi connectivity index (χ1n) is 9.91. The monoisotopic (exact) mass is 437 g/mol. The summed E-state index contributed by atoms with van der Waals surface area (Å²) < 4.78 is 39.0. The molecule has 0 aromatic carbocycles. The summed E-state index contributed by atoms with van der Waals surface area (Å²) in [5, 5.41) is 9.86. The van der Waals surface area contributed by atoms with Gasteiger partial charge in [0.25, 0.3) is 0 Å². The zero-order chi connectivity index (χ0) is 19.2. The second-order valence-corrected chi connectivity index (χ2v) is 9.54. The lowest BCUT2D eigenvalue weighted by Crippen LogP contribution is -2.54. The second-order valence-electron chi connectivity index (χ2n) is 9.09. The van der Waals surface area contributed by atoms with Gasteiger partial charge in [-0.1, -0.05) is 35.4 Å². The lowest BCUT2D eigenvalue weighted by molar-refractivity contribution is -0.272. The van der Waals surface area contributed by atoms with Gasteiger partial charge in [-0.3, -0.25) is 0 Å². The van der Waals surface area contributed by atoms with Crippen molar-refractivity contribution in [2.24, 2.45) is 23.2 Å². The van der Waals surface area contributed by atoms with E-state index in [2.05, 4.69) is 39.7 Å². The minimum absolute atomic E-state index is 0.204. The third kappa shape index (κ3) is 3.62. The second kappa shape index (κ2) is 7.40. The standard InChI is InChI=1S/C20H31BrF3NO/c1-14(13-25-10-8-19(26,9-11-25)20(22,23)24)16-5-6-17-15(12-21)4-3-7-18(16,17)2/h12,14,16-17,26H,3-11,13H2,1-2H3/b15-12+/t14?,16-,17-,18-/m1/s1. The smallest absolute Gasteiger partial charge is 0.380 e. The predicted molar refractivity (Wildman–Crippen MR) is 101 cm³/mol. The van der Waals surface area contributed by atoms with E-state index < -0.39 is 11.8 Å². The highest BCUT2D eigenvalue weighted by atomic mass is 79.9. The maximum absolute atomic E-state index is 13.0. The van der Waals surface area contributed by atoms with Crippen molar-refractivity contribution in [1.29, 1.82) is 0 Å². The first-order valence-corrected chi connectivity index (χ1v) is 10.8. The Morgan fingerprint density at radius 3 is 2.50 bits per heavy atom. The molecule has 0 spiro atoms. The number of piperidine rings is 1. The highest BCUT2D eigenvalue weighted by molar-refractivity contribution is 9.11. The zero-order valence-electron chi connectivity index (χ0n) is 15.8. The molecular formula is C20H31BrF3NO. The fourth-order valence-corrected chi connectivity index (χ4v) is 6.62. The molecule has 1 heterocycles. The molecule has 2 saturated carbocycles. The molecule has 0 bridgehead atoms. The van der Waals surface area contributed by atoms with Crippen LogP contribution in [0.1, 0.15) is 58.8 Å². The summed E-state index contributed by atoms with van der Waals surface area (Å²) in [5.74, 6) is 1.75. The van der Waals surface area contributed by atoms with Crippen molar-refractivity contribution >= 4 is 15.9 Å². The van der Waals surface area contributed by atoms with Crippen LogP contribution in [0.5, 0.6) is 0 Å². The molecule has 1 N–H and O–H groups in total. The molecule has 26 heavy (non-hydrogen) atoms. The van der Waals surface area contributed by atoms with Crippen LogP contribution in [0.15, 0.2) is 10.6 Å². The van der Waals surface area contributed by atoms with Gasteiger partial charge >= 0.3 is 6.18 Å². The van der Waals surface area contributed by atoms with Gasteiger partial charge < -0.3 is 10.0 Å². The molecule has 3 rings (SSSR count). The molecule has 0 aromatic rings. The number of nitrogens with zero attached hydrogens (tertiary/aromatic N) is 1. The molecule has 0 aromatic heterocycles. The number of hydrogen-bond acceptors (Lipinski definition) is 2. The Morgan fingerprint density at radius 2 is 1.92 bits per heavy atom. The summed E-state index contributed by atoms with van der Waals surface area (Å²) in [7, 11) is 0. The van der Waals surface area contributed by atoms with Crippen LogP contribution in [0.3, 0.4) is 0 Å². The number of halogens is 4. The summed E-state index contributed by atoms with van der Waals surface area (Å²) in [5.41, 5.74) is -0.628. The van der Waals surface area contributed by atoms with Gasteiger partial charge in [-0.05, 0) is 73.1 Å². The summed E-state index contributed by atoms with van der Waals surface area (Å²) in [6, 6.07) is 0. The maximum Gasteiger partial charge on any atom is 0.417 e. The van der Waals surface area contributed by atoms with Gasteiger partial charge in [0.2, 0.25) is 0 Å². The van der Waals surface area contributed by atoms with Crippen molar-refractivity contribution in [3.8, 4) is 0 Å². The first-order chi connectivity index (χ1) is 12.1. The number of aliphatic hydroxyl groups is 1. The van der Waals surface area contributed by atoms with Gasteiger partial charge in [-0.15, -0.1) is 0 Å².